The van der Waals surface area contributed by atoms with Crippen LogP contribution in [-0.4, -0.2) is 21.3 Å². The molecule has 21 heavy (non-hydrogen) atoms. The van der Waals surface area contributed by atoms with Crippen LogP contribution in [0.4, 0.5) is 0 Å². The summed E-state index contributed by atoms with van der Waals surface area (Å²) >= 11 is 0. The number of para-hydroxylation sites is 1. The maximum atomic E-state index is 4.69. The van der Waals surface area contributed by atoms with E-state index in [0.29, 0.717) is 0 Å². The molecule has 0 saturated carbocycles. The van der Waals surface area contributed by atoms with E-state index < -0.39 is 0 Å². The highest BCUT2D eigenvalue weighted by Gasteiger charge is 2.08. The Labute approximate surface area is 124 Å². The number of fused-ring (bicyclic) bond motifs is 1. The molecule has 1 N–H and O–H groups in total. The van der Waals surface area contributed by atoms with E-state index in [1.54, 1.807) is 0 Å². The smallest absolute Gasteiger partial charge is 0.0841 e. The molecule has 108 valence electrons. The Morgan fingerprint density at radius 3 is 2.76 bits per heavy atom. The summed E-state index contributed by atoms with van der Waals surface area (Å²) in [6, 6.07) is 14.4. The quantitative estimate of drug-likeness (QED) is 0.706. The Bertz CT molecular complexity index is 703. The second-order valence-electron chi connectivity index (χ2n) is 5.03. The molecule has 2 aromatic heterocycles. The lowest BCUT2D eigenvalue weighted by Crippen LogP contribution is -2.17. The molecule has 0 bridgehead atoms. The van der Waals surface area contributed by atoms with Crippen LogP contribution < -0.4 is 5.32 Å². The zero-order valence-corrected chi connectivity index (χ0v) is 12.3. The van der Waals surface area contributed by atoms with Crippen molar-refractivity contribution in [2.45, 2.75) is 26.4 Å². The minimum Gasteiger partial charge on any atom is -0.311 e. The highest BCUT2D eigenvalue weighted by atomic mass is 15.3. The average Bonchev–Trinajstić information content (AvgIpc) is 2.91. The average molecular weight is 280 g/mol. The van der Waals surface area contributed by atoms with Crippen molar-refractivity contribution in [3.05, 3.63) is 60.0 Å². The molecule has 0 saturated heterocycles. The summed E-state index contributed by atoms with van der Waals surface area (Å²) in [5.74, 6) is 0. The molecule has 0 unspecified atom stereocenters. The SMILES string of the molecule is CCn1nc(CNCCc2ccccn2)c2ccccc21. The van der Waals surface area contributed by atoms with Crippen molar-refractivity contribution in [1.82, 2.24) is 20.1 Å². The third-order valence-corrected chi connectivity index (χ3v) is 3.61. The molecule has 0 aliphatic rings. The van der Waals surface area contributed by atoms with Crippen LogP contribution in [0, 0.1) is 0 Å². The highest BCUT2D eigenvalue weighted by Crippen LogP contribution is 2.18. The zero-order chi connectivity index (χ0) is 14.5. The monoisotopic (exact) mass is 280 g/mol. The van der Waals surface area contributed by atoms with Gasteiger partial charge in [-0.25, -0.2) is 0 Å². The van der Waals surface area contributed by atoms with Crippen LogP contribution in [0.2, 0.25) is 0 Å². The number of benzene rings is 1. The predicted octanol–water partition coefficient (Wildman–Crippen LogP) is 2.78. The van der Waals surface area contributed by atoms with E-state index in [9.17, 15) is 0 Å². The van der Waals surface area contributed by atoms with Crippen molar-refractivity contribution >= 4 is 10.9 Å². The van der Waals surface area contributed by atoms with Crippen LogP contribution in [-0.2, 0) is 19.5 Å². The summed E-state index contributed by atoms with van der Waals surface area (Å²) in [7, 11) is 0. The molecule has 4 nitrogen and oxygen atoms in total. The van der Waals surface area contributed by atoms with Gasteiger partial charge in [0.15, 0.2) is 0 Å². The lowest BCUT2D eigenvalue weighted by molar-refractivity contribution is 0.629. The summed E-state index contributed by atoms with van der Waals surface area (Å²) in [5.41, 5.74) is 3.45. The number of nitrogens with one attached hydrogen (secondary N) is 1. The van der Waals surface area contributed by atoms with Crippen molar-refractivity contribution in [2.75, 3.05) is 6.54 Å². The zero-order valence-electron chi connectivity index (χ0n) is 12.3. The number of hydrogen-bond donors (Lipinski definition) is 1. The lowest BCUT2D eigenvalue weighted by atomic mass is 10.2. The van der Waals surface area contributed by atoms with Gasteiger partial charge in [0.25, 0.3) is 0 Å². The van der Waals surface area contributed by atoms with Gasteiger partial charge in [-0.05, 0) is 25.1 Å². The van der Waals surface area contributed by atoms with Crippen molar-refractivity contribution in [3.8, 4) is 0 Å². The first kappa shape index (κ1) is 13.8. The lowest BCUT2D eigenvalue weighted by Gasteiger charge is -2.02. The summed E-state index contributed by atoms with van der Waals surface area (Å²) in [6.07, 6.45) is 2.78. The summed E-state index contributed by atoms with van der Waals surface area (Å²) in [6.45, 7) is 4.72. The fourth-order valence-corrected chi connectivity index (χ4v) is 2.54. The van der Waals surface area contributed by atoms with Crippen molar-refractivity contribution in [1.29, 1.82) is 0 Å². The molecule has 3 aromatic rings. The molecule has 0 fully saturated rings. The minimum atomic E-state index is 0.792. The van der Waals surface area contributed by atoms with Gasteiger partial charge in [0.05, 0.1) is 11.2 Å². The van der Waals surface area contributed by atoms with Gasteiger partial charge in [-0.2, -0.15) is 5.10 Å². The van der Waals surface area contributed by atoms with E-state index in [2.05, 4.69) is 52.2 Å². The van der Waals surface area contributed by atoms with Crippen molar-refractivity contribution in [2.24, 2.45) is 0 Å². The Balaban J connectivity index is 1.63. The van der Waals surface area contributed by atoms with Gasteiger partial charge < -0.3 is 5.32 Å². The topological polar surface area (TPSA) is 42.7 Å². The summed E-state index contributed by atoms with van der Waals surface area (Å²) in [5, 5.41) is 9.40. The molecule has 0 atom stereocenters. The maximum absolute atomic E-state index is 4.69. The van der Waals surface area contributed by atoms with Crippen LogP contribution >= 0.6 is 0 Å². The van der Waals surface area contributed by atoms with Crippen LogP contribution in [0.5, 0.6) is 0 Å². The number of nitrogens with zero attached hydrogens (tertiary/aromatic N) is 3. The fourth-order valence-electron chi connectivity index (χ4n) is 2.54. The highest BCUT2D eigenvalue weighted by molar-refractivity contribution is 5.81. The number of aromatic nitrogens is 3. The molecule has 0 aliphatic carbocycles. The molecule has 0 aliphatic heterocycles. The fraction of sp³-hybridized carbons (Fsp3) is 0.294. The second-order valence-corrected chi connectivity index (χ2v) is 5.03. The molecular formula is C17H20N4. The van der Waals surface area contributed by atoms with Crippen LogP contribution in [0.3, 0.4) is 0 Å². The van der Waals surface area contributed by atoms with Gasteiger partial charge in [-0.15, -0.1) is 0 Å². The van der Waals surface area contributed by atoms with Gasteiger partial charge in [-0.3, -0.25) is 9.67 Å². The number of aryl methyl sites for hydroxylation is 1. The third kappa shape index (κ3) is 3.11. The first-order chi connectivity index (χ1) is 10.4. The summed E-state index contributed by atoms with van der Waals surface area (Å²) in [4.78, 5) is 4.33. The maximum Gasteiger partial charge on any atom is 0.0841 e. The Kier molecular flexibility index (Phi) is 4.26. The normalized spacial score (nSPS) is 11.1. The van der Waals surface area contributed by atoms with Gasteiger partial charge in [-0.1, -0.05) is 24.3 Å². The van der Waals surface area contributed by atoms with Crippen molar-refractivity contribution in [3.63, 3.8) is 0 Å². The molecule has 0 spiro atoms. The summed E-state index contributed by atoms with van der Waals surface area (Å²) < 4.78 is 2.06. The molecular weight excluding hydrogens is 260 g/mol. The molecule has 1 aromatic carbocycles. The number of hydrogen-bond acceptors (Lipinski definition) is 3. The van der Waals surface area contributed by atoms with E-state index in [1.807, 2.05) is 18.3 Å². The number of pyridine rings is 1. The van der Waals surface area contributed by atoms with Crippen LogP contribution in [0.15, 0.2) is 48.7 Å². The Morgan fingerprint density at radius 2 is 1.95 bits per heavy atom. The molecule has 0 radical (unpaired) electrons. The first-order valence-electron chi connectivity index (χ1n) is 7.43. The predicted molar refractivity (Wildman–Crippen MR) is 85.1 cm³/mol. The molecule has 3 rings (SSSR count). The Morgan fingerprint density at radius 1 is 1.10 bits per heavy atom. The van der Waals surface area contributed by atoms with Crippen LogP contribution in [0.25, 0.3) is 10.9 Å². The van der Waals surface area contributed by atoms with E-state index in [0.717, 1.165) is 37.4 Å². The third-order valence-electron chi connectivity index (χ3n) is 3.61. The van der Waals surface area contributed by atoms with Crippen LogP contribution in [0.1, 0.15) is 18.3 Å². The largest absolute Gasteiger partial charge is 0.311 e. The van der Waals surface area contributed by atoms with Gasteiger partial charge >= 0.3 is 0 Å². The van der Waals surface area contributed by atoms with Gasteiger partial charge in [0.1, 0.15) is 0 Å². The Hall–Kier alpha value is -2.20. The van der Waals surface area contributed by atoms with Gasteiger partial charge in [0.2, 0.25) is 0 Å². The van der Waals surface area contributed by atoms with Gasteiger partial charge in [0, 0.05) is 43.3 Å². The van der Waals surface area contributed by atoms with E-state index in [1.165, 1.54) is 10.9 Å². The second kappa shape index (κ2) is 6.50. The first-order valence-corrected chi connectivity index (χ1v) is 7.43. The standard InChI is InChI=1S/C17H20N4/c1-2-21-17-9-4-3-8-15(17)16(20-21)13-18-12-10-14-7-5-6-11-19-14/h3-9,11,18H,2,10,12-13H2,1H3. The molecule has 4 heteroatoms. The minimum absolute atomic E-state index is 0.792. The van der Waals surface area contributed by atoms with E-state index in [-0.39, 0.29) is 0 Å². The molecule has 0 amide bonds. The van der Waals surface area contributed by atoms with E-state index >= 15 is 0 Å². The van der Waals surface area contributed by atoms with E-state index in [4.69, 9.17) is 5.10 Å². The number of rotatable bonds is 6. The molecule has 2 heterocycles. The van der Waals surface area contributed by atoms with Crippen molar-refractivity contribution < 1.29 is 0 Å².